The molecule has 0 saturated heterocycles. The summed E-state index contributed by atoms with van der Waals surface area (Å²) in [5.74, 6) is 1.71. The lowest BCUT2D eigenvalue weighted by molar-refractivity contribution is 0.384. The Labute approximate surface area is 89.1 Å². The van der Waals surface area contributed by atoms with Gasteiger partial charge in [-0.2, -0.15) is 4.98 Å². The first-order valence-electron chi connectivity index (χ1n) is 5.10. The van der Waals surface area contributed by atoms with Crippen molar-refractivity contribution in [3.05, 3.63) is 47.6 Å². The summed E-state index contributed by atoms with van der Waals surface area (Å²) in [5, 5.41) is 3.93. The molecule has 3 heteroatoms. The van der Waals surface area contributed by atoms with Gasteiger partial charge in [-0.15, -0.1) is 0 Å². The minimum atomic E-state index is 0.296. The van der Waals surface area contributed by atoms with E-state index in [1.54, 1.807) is 0 Å². The predicted molar refractivity (Wildman–Crippen MR) is 57.6 cm³/mol. The van der Waals surface area contributed by atoms with Crippen molar-refractivity contribution in [1.29, 1.82) is 0 Å². The smallest absolute Gasteiger partial charge is 0.223 e. The summed E-state index contributed by atoms with van der Waals surface area (Å²) >= 11 is 0. The Kier molecular flexibility index (Phi) is 2.81. The Morgan fingerprint density at radius 3 is 2.60 bits per heavy atom. The van der Waals surface area contributed by atoms with Gasteiger partial charge in [-0.05, 0) is 12.0 Å². The highest BCUT2D eigenvalue weighted by atomic mass is 16.5. The molecule has 0 aliphatic heterocycles. The molecule has 0 aliphatic rings. The number of aromatic nitrogens is 2. The highest BCUT2D eigenvalue weighted by Crippen LogP contribution is 2.17. The minimum absolute atomic E-state index is 0.296. The second-order valence-electron chi connectivity index (χ2n) is 3.76. The monoisotopic (exact) mass is 202 g/mol. The number of rotatable bonds is 3. The van der Waals surface area contributed by atoms with Gasteiger partial charge in [0, 0.05) is 12.8 Å². The van der Waals surface area contributed by atoms with Crippen LogP contribution in [0.5, 0.6) is 0 Å². The fourth-order valence-electron chi connectivity index (χ4n) is 1.57. The summed E-state index contributed by atoms with van der Waals surface area (Å²) in [5.41, 5.74) is 1.30. The lowest BCUT2D eigenvalue weighted by Crippen LogP contribution is -2.00. The predicted octanol–water partition coefficient (Wildman–Crippen LogP) is 2.72. The molecule has 1 unspecified atom stereocenters. The molecule has 0 bridgehead atoms. The van der Waals surface area contributed by atoms with Crippen molar-refractivity contribution in [2.75, 3.05) is 0 Å². The molecule has 0 spiro atoms. The molecule has 0 radical (unpaired) electrons. The molecule has 0 N–H and O–H groups in total. The molecule has 3 nitrogen and oxygen atoms in total. The molecule has 2 aromatic rings. The fraction of sp³-hybridized carbons (Fsp3) is 0.333. The summed E-state index contributed by atoms with van der Waals surface area (Å²) < 4.78 is 4.96. The van der Waals surface area contributed by atoms with E-state index in [1.807, 2.05) is 25.1 Å². The Morgan fingerprint density at radius 1 is 1.27 bits per heavy atom. The summed E-state index contributed by atoms with van der Waals surface area (Å²) in [7, 11) is 0. The van der Waals surface area contributed by atoms with Crippen molar-refractivity contribution in [3.63, 3.8) is 0 Å². The lowest BCUT2D eigenvalue weighted by atomic mass is 10.0. The number of aryl methyl sites for hydroxylation is 1. The Morgan fingerprint density at radius 2 is 2.00 bits per heavy atom. The molecule has 0 amide bonds. The van der Waals surface area contributed by atoms with Crippen LogP contribution in [-0.4, -0.2) is 10.1 Å². The zero-order valence-electron chi connectivity index (χ0n) is 8.97. The van der Waals surface area contributed by atoms with E-state index in [0.717, 1.165) is 12.2 Å². The normalized spacial score (nSPS) is 12.7. The maximum absolute atomic E-state index is 4.96. The van der Waals surface area contributed by atoms with E-state index in [-0.39, 0.29) is 0 Å². The maximum Gasteiger partial charge on any atom is 0.223 e. The zero-order valence-corrected chi connectivity index (χ0v) is 8.97. The highest BCUT2D eigenvalue weighted by molar-refractivity contribution is 5.17. The van der Waals surface area contributed by atoms with Crippen LogP contribution in [0.15, 0.2) is 34.9 Å². The van der Waals surface area contributed by atoms with Crippen LogP contribution in [0.3, 0.4) is 0 Å². The molecular formula is C12H14N2O. The molecule has 1 aromatic carbocycles. The van der Waals surface area contributed by atoms with Gasteiger partial charge < -0.3 is 4.52 Å². The minimum Gasteiger partial charge on any atom is -0.340 e. The number of hydrogen-bond acceptors (Lipinski definition) is 3. The topological polar surface area (TPSA) is 38.9 Å². The first-order chi connectivity index (χ1) is 7.25. The van der Waals surface area contributed by atoms with Crippen LogP contribution in [0.2, 0.25) is 0 Å². The van der Waals surface area contributed by atoms with E-state index in [9.17, 15) is 0 Å². The van der Waals surface area contributed by atoms with Gasteiger partial charge in [-0.3, -0.25) is 0 Å². The van der Waals surface area contributed by atoms with Crippen molar-refractivity contribution < 1.29 is 4.52 Å². The second kappa shape index (κ2) is 4.26. The van der Waals surface area contributed by atoms with Gasteiger partial charge in [0.1, 0.15) is 0 Å². The quantitative estimate of drug-likeness (QED) is 0.768. The van der Waals surface area contributed by atoms with Gasteiger partial charge in [0.25, 0.3) is 0 Å². The molecule has 0 saturated carbocycles. The number of hydrogen-bond donors (Lipinski definition) is 0. The maximum atomic E-state index is 4.96. The van der Waals surface area contributed by atoms with E-state index < -0.39 is 0 Å². The van der Waals surface area contributed by atoms with Crippen molar-refractivity contribution in [1.82, 2.24) is 10.1 Å². The Balaban J connectivity index is 2.07. The number of benzene rings is 1. The summed E-state index contributed by atoms with van der Waals surface area (Å²) in [6.45, 7) is 3.92. The van der Waals surface area contributed by atoms with Crippen molar-refractivity contribution in [2.24, 2.45) is 0 Å². The first kappa shape index (κ1) is 9.90. The van der Waals surface area contributed by atoms with E-state index in [2.05, 4.69) is 29.2 Å². The van der Waals surface area contributed by atoms with Crippen LogP contribution in [0.1, 0.15) is 30.1 Å². The average Bonchev–Trinajstić information content (AvgIpc) is 2.66. The Bertz CT molecular complexity index is 422. The van der Waals surface area contributed by atoms with Crippen molar-refractivity contribution in [3.8, 4) is 0 Å². The van der Waals surface area contributed by atoms with Crippen LogP contribution < -0.4 is 0 Å². The Hall–Kier alpha value is -1.64. The van der Waals surface area contributed by atoms with Gasteiger partial charge in [0.15, 0.2) is 5.82 Å². The van der Waals surface area contributed by atoms with Crippen LogP contribution >= 0.6 is 0 Å². The second-order valence-corrected chi connectivity index (χ2v) is 3.76. The van der Waals surface area contributed by atoms with Gasteiger partial charge in [0.2, 0.25) is 5.89 Å². The van der Waals surface area contributed by atoms with E-state index >= 15 is 0 Å². The molecule has 78 valence electrons. The van der Waals surface area contributed by atoms with Gasteiger partial charge >= 0.3 is 0 Å². The third-order valence-electron chi connectivity index (χ3n) is 2.37. The van der Waals surface area contributed by atoms with Crippen LogP contribution in [-0.2, 0) is 6.42 Å². The third kappa shape index (κ3) is 2.43. The van der Waals surface area contributed by atoms with Crippen molar-refractivity contribution >= 4 is 0 Å². The van der Waals surface area contributed by atoms with Crippen LogP contribution in [0.25, 0.3) is 0 Å². The first-order valence-corrected chi connectivity index (χ1v) is 5.10. The number of nitrogens with zero attached hydrogens (tertiary/aromatic N) is 2. The van der Waals surface area contributed by atoms with E-state index in [4.69, 9.17) is 4.52 Å². The molecule has 1 aromatic heterocycles. The standard InChI is InChI=1S/C12H14N2O/c1-9(12-13-10(2)15-14-12)8-11-6-4-3-5-7-11/h3-7,9H,8H2,1-2H3. The third-order valence-corrected chi connectivity index (χ3v) is 2.37. The average molecular weight is 202 g/mol. The highest BCUT2D eigenvalue weighted by Gasteiger charge is 2.12. The summed E-state index contributed by atoms with van der Waals surface area (Å²) in [6, 6.07) is 10.3. The zero-order chi connectivity index (χ0) is 10.7. The molecular weight excluding hydrogens is 188 g/mol. The SMILES string of the molecule is Cc1nc(C(C)Cc2ccccc2)no1. The molecule has 15 heavy (non-hydrogen) atoms. The van der Waals surface area contributed by atoms with Crippen LogP contribution in [0.4, 0.5) is 0 Å². The van der Waals surface area contributed by atoms with Gasteiger partial charge in [-0.1, -0.05) is 42.4 Å². The largest absolute Gasteiger partial charge is 0.340 e. The van der Waals surface area contributed by atoms with Crippen molar-refractivity contribution in [2.45, 2.75) is 26.2 Å². The summed E-state index contributed by atoms with van der Waals surface area (Å²) in [6.07, 6.45) is 0.944. The summed E-state index contributed by atoms with van der Waals surface area (Å²) in [4.78, 5) is 4.23. The van der Waals surface area contributed by atoms with E-state index in [0.29, 0.717) is 11.8 Å². The fourth-order valence-corrected chi connectivity index (χ4v) is 1.57. The molecule has 1 atom stereocenters. The van der Waals surface area contributed by atoms with Gasteiger partial charge in [0.05, 0.1) is 0 Å². The van der Waals surface area contributed by atoms with Crippen LogP contribution in [0, 0.1) is 6.92 Å². The van der Waals surface area contributed by atoms with E-state index in [1.165, 1.54) is 5.56 Å². The van der Waals surface area contributed by atoms with Gasteiger partial charge in [-0.25, -0.2) is 0 Å². The molecule has 0 fully saturated rings. The molecule has 1 heterocycles. The molecule has 2 rings (SSSR count). The lowest BCUT2D eigenvalue weighted by Gasteiger charge is -2.05. The molecule has 0 aliphatic carbocycles.